The van der Waals surface area contributed by atoms with Gasteiger partial charge in [-0.2, -0.15) is 8.91 Å². The Labute approximate surface area is 279 Å². The average Bonchev–Trinajstić information content (AvgIpc) is 3.35. The molecule has 4 aromatic rings. The second-order valence-corrected chi connectivity index (χ2v) is 14.9. The Morgan fingerprint density at radius 2 is 1.49 bits per heavy atom. The lowest BCUT2D eigenvalue weighted by Crippen LogP contribution is -2.26. The molecule has 2 aliphatic rings. The van der Waals surface area contributed by atoms with Crippen molar-refractivity contribution < 1.29 is 32.2 Å². The van der Waals surface area contributed by atoms with E-state index in [4.69, 9.17) is 0 Å². The molecule has 6 rings (SSSR count). The number of benzene rings is 4. The second kappa shape index (κ2) is 12.2. The van der Waals surface area contributed by atoms with Crippen LogP contribution in [-0.4, -0.2) is 37.4 Å². The van der Waals surface area contributed by atoms with E-state index in [-0.39, 0.29) is 15.7 Å². The predicted molar refractivity (Wildman–Crippen MR) is 185 cm³/mol. The zero-order chi connectivity index (χ0) is 33.7. The van der Waals surface area contributed by atoms with Crippen LogP contribution >= 0.6 is 12.0 Å². The fourth-order valence-electron chi connectivity index (χ4n) is 7.21. The molecule has 0 radical (unpaired) electrons. The predicted octanol–water partition coefficient (Wildman–Crippen LogP) is 7.11. The molecule has 4 aromatic carbocycles. The third kappa shape index (κ3) is 5.75. The molecule has 0 amide bonds. The zero-order valence-corrected chi connectivity index (χ0v) is 28.6. The standard InChI is InChI=1S/C37H36N2O6S2/c1-36(2)32(38(5)30-20-14-24-22-26(46-45-44-40)16-18-28(24)34(30)36)12-10-8-7-9-11-13-33-37(3,4)35-29-19-17-27(47(41,42)43)23-25(29)15-21-31(35)39(33)6/h7-23H,1-6H3,(H-,40,41,42,43)/p-1. The summed E-state index contributed by atoms with van der Waals surface area (Å²) in [5.41, 5.74) is 6.26. The van der Waals surface area contributed by atoms with Gasteiger partial charge in [0.05, 0.1) is 22.4 Å². The second-order valence-electron chi connectivity index (χ2n) is 12.8. The first kappa shape index (κ1) is 32.9. The van der Waals surface area contributed by atoms with Gasteiger partial charge >= 0.3 is 0 Å². The number of likely N-dealkylation sites (N-methyl/N-ethyl adjacent to an activating group) is 1. The Bertz CT molecular complexity index is 2190. The summed E-state index contributed by atoms with van der Waals surface area (Å²) in [5, 5.41) is 17.6. The van der Waals surface area contributed by atoms with E-state index in [1.54, 1.807) is 6.07 Å². The molecule has 0 unspecified atom stereocenters. The fourth-order valence-corrected chi connectivity index (χ4v) is 8.12. The highest BCUT2D eigenvalue weighted by Crippen LogP contribution is 2.50. The van der Waals surface area contributed by atoms with Gasteiger partial charge in [-0.1, -0.05) is 62.4 Å². The quantitative estimate of drug-likeness (QED) is 0.0489. The van der Waals surface area contributed by atoms with Crippen LogP contribution in [0.15, 0.2) is 119 Å². The highest BCUT2D eigenvalue weighted by molar-refractivity contribution is 7.94. The Morgan fingerprint density at radius 1 is 0.830 bits per heavy atom. The van der Waals surface area contributed by atoms with Crippen molar-refractivity contribution in [1.29, 1.82) is 0 Å². The van der Waals surface area contributed by atoms with E-state index in [9.17, 15) is 18.2 Å². The van der Waals surface area contributed by atoms with E-state index in [0.717, 1.165) is 61.1 Å². The van der Waals surface area contributed by atoms with Crippen molar-refractivity contribution in [3.63, 3.8) is 0 Å². The lowest BCUT2D eigenvalue weighted by atomic mass is 9.79. The topological polar surface area (TPSA) is 105 Å². The summed E-state index contributed by atoms with van der Waals surface area (Å²) >= 11 is 0.888. The summed E-state index contributed by atoms with van der Waals surface area (Å²) in [4.78, 5) is 2.80. The van der Waals surface area contributed by atoms with Crippen molar-refractivity contribution in [2.75, 3.05) is 19.0 Å². The maximum atomic E-state index is 11.6. The number of hydrogen-bond donors (Lipinski definition) is 0. The molecule has 242 valence electrons. The Morgan fingerprint density at radius 3 is 2.23 bits per heavy atom. The van der Waals surface area contributed by atoms with Crippen molar-refractivity contribution >= 4 is 60.8 Å². The molecule has 0 N–H and O–H groups in total. The van der Waals surface area contributed by atoms with E-state index in [1.807, 2.05) is 55.6 Å². The summed E-state index contributed by atoms with van der Waals surface area (Å²) in [6, 6.07) is 18.6. The third-order valence-corrected chi connectivity index (χ3v) is 10.7. The summed E-state index contributed by atoms with van der Waals surface area (Å²) in [6.07, 6.45) is 14.3. The molecule has 0 bridgehead atoms. The van der Waals surface area contributed by atoms with Crippen LogP contribution in [0.2, 0.25) is 0 Å². The van der Waals surface area contributed by atoms with Crippen LogP contribution in [0.25, 0.3) is 21.5 Å². The SMILES string of the molecule is CN1C(=CC=CC=CC=CC2=[N+](C)c3ccc4cc(S(=O)(=O)[O-])ccc4c3C2(C)C)C(C)(C)c2c1ccc1cc(SOO[O-])ccc21. The van der Waals surface area contributed by atoms with Crippen LogP contribution in [0, 0.1) is 0 Å². The Hall–Kier alpha value is -4.03. The molecule has 2 heterocycles. The lowest BCUT2D eigenvalue weighted by Gasteiger charge is -2.24. The van der Waals surface area contributed by atoms with Gasteiger partial charge in [0.15, 0.2) is 5.71 Å². The van der Waals surface area contributed by atoms with Gasteiger partial charge in [0, 0.05) is 46.4 Å². The molecule has 0 spiro atoms. The first-order valence-electron chi connectivity index (χ1n) is 15.1. The summed E-state index contributed by atoms with van der Waals surface area (Å²) in [6.45, 7) is 8.76. The van der Waals surface area contributed by atoms with Crippen molar-refractivity contribution in [2.24, 2.45) is 0 Å². The molecule has 0 atom stereocenters. The van der Waals surface area contributed by atoms with E-state index in [1.165, 1.54) is 23.4 Å². The van der Waals surface area contributed by atoms with E-state index < -0.39 is 10.1 Å². The number of anilines is 1. The monoisotopic (exact) mass is 667 g/mol. The summed E-state index contributed by atoms with van der Waals surface area (Å²) < 4.78 is 41.4. The Balaban J connectivity index is 1.20. The van der Waals surface area contributed by atoms with Crippen LogP contribution in [0.5, 0.6) is 0 Å². The molecular weight excluding hydrogens is 633 g/mol. The van der Waals surface area contributed by atoms with Crippen molar-refractivity contribution in [2.45, 2.75) is 48.3 Å². The Kier molecular flexibility index (Phi) is 8.54. The van der Waals surface area contributed by atoms with Gasteiger partial charge in [0.25, 0.3) is 0 Å². The highest BCUT2D eigenvalue weighted by atomic mass is 32.2. The normalized spacial score (nSPS) is 18.2. The van der Waals surface area contributed by atoms with Gasteiger partial charge in [-0.3, -0.25) is 5.04 Å². The summed E-state index contributed by atoms with van der Waals surface area (Å²) in [5.74, 6) is 0. The largest absolute Gasteiger partial charge is 0.744 e. The molecule has 0 fully saturated rings. The van der Waals surface area contributed by atoms with Crippen molar-refractivity contribution in [3.05, 3.63) is 120 Å². The van der Waals surface area contributed by atoms with Gasteiger partial charge < -0.3 is 14.7 Å². The fraction of sp³-hybridized carbons (Fsp3) is 0.216. The average molecular weight is 668 g/mol. The molecule has 0 aromatic heterocycles. The zero-order valence-electron chi connectivity index (χ0n) is 27.0. The molecule has 0 saturated carbocycles. The first-order chi connectivity index (χ1) is 22.3. The molecule has 2 aliphatic heterocycles. The smallest absolute Gasteiger partial charge is 0.210 e. The van der Waals surface area contributed by atoms with Crippen molar-refractivity contribution in [1.82, 2.24) is 0 Å². The lowest BCUT2D eigenvalue weighted by molar-refractivity contribution is -0.777. The first-order valence-corrected chi connectivity index (χ1v) is 17.2. The third-order valence-electron chi connectivity index (χ3n) is 9.31. The minimum absolute atomic E-state index is 0.220. The minimum atomic E-state index is -4.53. The number of allylic oxidation sites excluding steroid dienone is 8. The molecule has 47 heavy (non-hydrogen) atoms. The molecule has 8 nitrogen and oxygen atoms in total. The van der Waals surface area contributed by atoms with Gasteiger partial charge in [0.1, 0.15) is 17.2 Å². The van der Waals surface area contributed by atoms with Crippen LogP contribution in [0.4, 0.5) is 11.4 Å². The summed E-state index contributed by atoms with van der Waals surface area (Å²) in [7, 11) is -0.411. The van der Waals surface area contributed by atoms with E-state index >= 15 is 0 Å². The number of nitrogens with zero attached hydrogens (tertiary/aromatic N) is 2. The molecule has 0 saturated heterocycles. The van der Waals surface area contributed by atoms with Gasteiger partial charge in [-0.15, -0.1) is 0 Å². The van der Waals surface area contributed by atoms with Crippen LogP contribution in [0.1, 0.15) is 38.8 Å². The minimum Gasteiger partial charge on any atom is -0.744 e. The molecule has 0 aliphatic carbocycles. The van der Waals surface area contributed by atoms with Crippen LogP contribution in [-0.2, 0) is 30.3 Å². The molecular formula is C37H35N2O6S2-. The van der Waals surface area contributed by atoms with Crippen LogP contribution in [0.3, 0.4) is 0 Å². The maximum absolute atomic E-state index is 11.6. The van der Waals surface area contributed by atoms with Gasteiger partial charge in [-0.25, -0.2) is 8.42 Å². The number of hydrogen-bond acceptors (Lipinski definition) is 8. The van der Waals surface area contributed by atoms with Gasteiger partial charge in [0.2, 0.25) is 5.69 Å². The van der Waals surface area contributed by atoms with Gasteiger partial charge in [-0.05, 0) is 83.4 Å². The maximum Gasteiger partial charge on any atom is 0.210 e. The highest BCUT2D eigenvalue weighted by Gasteiger charge is 2.44. The number of fused-ring (bicyclic) bond motifs is 6. The van der Waals surface area contributed by atoms with Crippen LogP contribution < -0.4 is 10.2 Å². The van der Waals surface area contributed by atoms with E-state index in [0.29, 0.717) is 0 Å². The number of rotatable bonds is 8. The molecule has 10 heteroatoms. The van der Waals surface area contributed by atoms with Crippen molar-refractivity contribution in [3.8, 4) is 0 Å². The van der Waals surface area contributed by atoms with E-state index in [2.05, 4.69) is 90.0 Å².